The van der Waals surface area contributed by atoms with Crippen molar-refractivity contribution in [3.05, 3.63) is 47.6 Å². The third-order valence-electron chi connectivity index (χ3n) is 3.45. The second-order valence-electron chi connectivity index (χ2n) is 4.87. The van der Waals surface area contributed by atoms with Crippen LogP contribution in [0, 0.1) is 0 Å². The molecule has 2 aromatic rings. The molecule has 2 aromatic heterocycles. The highest BCUT2D eigenvalue weighted by molar-refractivity contribution is 5.43. The van der Waals surface area contributed by atoms with Gasteiger partial charge in [0.1, 0.15) is 0 Å². The van der Waals surface area contributed by atoms with Crippen LogP contribution in [0.15, 0.2) is 30.5 Å². The third-order valence-corrected chi connectivity index (χ3v) is 3.45. The second-order valence-corrected chi connectivity index (χ2v) is 4.87. The minimum Gasteiger partial charge on any atom is -0.306 e. The fourth-order valence-corrected chi connectivity index (χ4v) is 2.39. The van der Waals surface area contributed by atoms with Crippen LogP contribution in [-0.4, -0.2) is 44.6 Å². The van der Waals surface area contributed by atoms with E-state index >= 15 is 0 Å². The van der Waals surface area contributed by atoms with Gasteiger partial charge in [-0.15, -0.1) is 10.2 Å². The zero-order chi connectivity index (χ0) is 13.8. The maximum atomic E-state index is 5.55. The number of hydrogen-bond donors (Lipinski definition) is 1. The monoisotopic (exact) mass is 270 g/mol. The smallest absolute Gasteiger partial charge is 0.0894 e. The Hall–Kier alpha value is -2.21. The van der Waals surface area contributed by atoms with Gasteiger partial charge in [0.25, 0.3) is 0 Å². The van der Waals surface area contributed by atoms with Gasteiger partial charge in [-0.05, 0) is 18.2 Å². The molecule has 0 unspecified atom stereocenters. The summed E-state index contributed by atoms with van der Waals surface area (Å²) in [5.74, 6) is 5.55. The summed E-state index contributed by atoms with van der Waals surface area (Å²) in [4.78, 5) is 7.85. The van der Waals surface area contributed by atoms with E-state index < -0.39 is 0 Å². The molecule has 0 spiro atoms. The van der Waals surface area contributed by atoms with Gasteiger partial charge in [-0.25, -0.2) is 0 Å². The fraction of sp³-hybridized carbons (Fsp3) is 0.357. The van der Waals surface area contributed by atoms with Gasteiger partial charge in [-0.1, -0.05) is 17.0 Å². The molecule has 20 heavy (non-hydrogen) atoms. The lowest BCUT2D eigenvalue weighted by molar-refractivity contribution is 0.316. The predicted molar refractivity (Wildman–Crippen MR) is 77.3 cm³/mol. The quantitative estimate of drug-likeness (QED) is 0.822. The van der Waals surface area contributed by atoms with Gasteiger partial charge in [0.15, 0.2) is 0 Å². The lowest BCUT2D eigenvalue weighted by Crippen LogP contribution is -2.27. The molecule has 0 atom stereocenters. The highest BCUT2D eigenvalue weighted by Gasteiger charge is 2.17. The molecule has 3 heterocycles. The van der Waals surface area contributed by atoms with Crippen LogP contribution in [0.4, 0.5) is 0 Å². The Morgan fingerprint density at radius 3 is 2.55 bits per heavy atom. The van der Waals surface area contributed by atoms with E-state index in [1.807, 2.05) is 24.4 Å². The van der Waals surface area contributed by atoms with Crippen molar-refractivity contribution < 1.29 is 0 Å². The summed E-state index contributed by atoms with van der Waals surface area (Å²) in [6.07, 6.45) is 7.83. The van der Waals surface area contributed by atoms with E-state index in [2.05, 4.69) is 32.2 Å². The molecule has 0 bridgehead atoms. The first-order valence-corrected chi connectivity index (χ1v) is 6.81. The Kier molecular flexibility index (Phi) is 3.73. The lowest BCUT2D eigenvalue weighted by Gasteiger charge is -2.16. The van der Waals surface area contributed by atoms with Crippen molar-refractivity contribution in [2.45, 2.75) is 12.8 Å². The van der Waals surface area contributed by atoms with Crippen molar-refractivity contribution in [3.8, 4) is 0 Å². The summed E-state index contributed by atoms with van der Waals surface area (Å²) in [6.45, 7) is 2.89. The van der Waals surface area contributed by atoms with Gasteiger partial charge in [0.2, 0.25) is 0 Å². The molecular weight excluding hydrogens is 252 g/mol. The van der Waals surface area contributed by atoms with Crippen LogP contribution >= 0.6 is 0 Å². The van der Waals surface area contributed by atoms with Crippen molar-refractivity contribution in [3.63, 3.8) is 0 Å². The van der Waals surface area contributed by atoms with Crippen molar-refractivity contribution in [1.29, 1.82) is 0 Å². The van der Waals surface area contributed by atoms with Gasteiger partial charge < -0.3 is 5.84 Å². The summed E-state index contributed by atoms with van der Waals surface area (Å²) in [5, 5.41) is 8.40. The van der Waals surface area contributed by atoms with Crippen LogP contribution in [0.1, 0.15) is 17.1 Å². The Balaban J connectivity index is 1.55. The molecule has 0 amide bonds. The van der Waals surface area contributed by atoms with Crippen molar-refractivity contribution in [2.75, 3.05) is 25.5 Å². The Labute approximate surface area is 117 Å². The maximum Gasteiger partial charge on any atom is 0.0894 e. The van der Waals surface area contributed by atoms with E-state index in [0.717, 1.165) is 49.6 Å². The summed E-state index contributed by atoms with van der Waals surface area (Å²) >= 11 is 0. The maximum absolute atomic E-state index is 5.55. The molecule has 6 heteroatoms. The average molecular weight is 270 g/mol. The minimum absolute atomic E-state index is 0.907. The van der Waals surface area contributed by atoms with Gasteiger partial charge in [0, 0.05) is 38.7 Å². The molecule has 0 aliphatic carbocycles. The van der Waals surface area contributed by atoms with Crippen LogP contribution in [0.25, 0.3) is 6.08 Å². The number of pyridine rings is 1. The predicted octanol–water partition coefficient (Wildman–Crippen LogP) is 0.501. The number of nitrogens with two attached hydrogens (primary N) is 1. The van der Waals surface area contributed by atoms with E-state index in [1.165, 1.54) is 4.91 Å². The standard InChI is InChI=1S/C14H18N6/c15-20-17-13-6-10-19(11-7-14(13)18-20)9-3-5-12-4-1-2-8-16-12/h1-5,8H,6-7,9-11,15H2/b5-3+. The van der Waals surface area contributed by atoms with Crippen LogP contribution in [-0.2, 0) is 12.8 Å². The largest absolute Gasteiger partial charge is 0.306 e. The first-order chi connectivity index (χ1) is 9.81. The first kappa shape index (κ1) is 12.8. The van der Waals surface area contributed by atoms with Crippen molar-refractivity contribution in [1.82, 2.24) is 25.0 Å². The zero-order valence-electron chi connectivity index (χ0n) is 11.3. The Bertz CT molecular complexity index is 563. The topological polar surface area (TPSA) is 72.9 Å². The summed E-state index contributed by atoms with van der Waals surface area (Å²) in [6, 6.07) is 5.92. The van der Waals surface area contributed by atoms with Crippen molar-refractivity contribution >= 4 is 6.08 Å². The zero-order valence-corrected chi connectivity index (χ0v) is 11.3. The molecule has 0 saturated heterocycles. The summed E-state index contributed by atoms with van der Waals surface area (Å²) in [5.41, 5.74) is 3.05. The molecule has 1 aliphatic rings. The number of nitrogens with zero attached hydrogens (tertiary/aromatic N) is 5. The summed E-state index contributed by atoms with van der Waals surface area (Å²) in [7, 11) is 0. The molecule has 0 aromatic carbocycles. The van der Waals surface area contributed by atoms with Gasteiger partial charge in [-0.3, -0.25) is 9.88 Å². The highest BCUT2D eigenvalue weighted by Crippen LogP contribution is 2.11. The molecule has 6 nitrogen and oxygen atoms in total. The van der Waals surface area contributed by atoms with Crippen LogP contribution in [0.2, 0.25) is 0 Å². The SMILES string of the molecule is Nn1nc2c(n1)CCN(C/C=C/c1ccccn1)CC2. The van der Waals surface area contributed by atoms with Crippen LogP contribution < -0.4 is 5.84 Å². The minimum atomic E-state index is 0.907. The Morgan fingerprint density at radius 1 is 1.15 bits per heavy atom. The molecular formula is C14H18N6. The molecule has 0 fully saturated rings. The summed E-state index contributed by atoms with van der Waals surface area (Å²) < 4.78 is 0. The molecule has 2 N–H and O–H groups in total. The van der Waals surface area contributed by atoms with Gasteiger partial charge in [0.05, 0.1) is 17.1 Å². The van der Waals surface area contributed by atoms with Gasteiger partial charge >= 0.3 is 0 Å². The van der Waals surface area contributed by atoms with E-state index in [0.29, 0.717) is 0 Å². The number of nitrogen functional groups attached to an aromatic ring is 1. The van der Waals surface area contributed by atoms with Crippen LogP contribution in [0.5, 0.6) is 0 Å². The molecule has 0 saturated carbocycles. The lowest BCUT2D eigenvalue weighted by atomic mass is 10.2. The molecule has 3 rings (SSSR count). The fourth-order valence-electron chi connectivity index (χ4n) is 2.39. The molecule has 1 aliphatic heterocycles. The van der Waals surface area contributed by atoms with Gasteiger partial charge in [-0.2, -0.15) is 0 Å². The normalized spacial score (nSPS) is 16.2. The number of hydrogen-bond acceptors (Lipinski definition) is 5. The highest BCUT2D eigenvalue weighted by atomic mass is 15.6. The van der Waals surface area contributed by atoms with E-state index in [4.69, 9.17) is 5.84 Å². The molecule has 104 valence electrons. The van der Waals surface area contributed by atoms with Crippen molar-refractivity contribution in [2.24, 2.45) is 0 Å². The molecule has 0 radical (unpaired) electrons. The average Bonchev–Trinajstić information content (AvgIpc) is 2.72. The second kappa shape index (κ2) is 5.83. The van der Waals surface area contributed by atoms with Crippen LogP contribution in [0.3, 0.4) is 0 Å². The first-order valence-electron chi connectivity index (χ1n) is 6.81. The number of aromatic nitrogens is 4. The number of fused-ring (bicyclic) bond motifs is 1. The van der Waals surface area contributed by atoms with E-state index in [1.54, 1.807) is 0 Å². The Morgan fingerprint density at radius 2 is 1.90 bits per heavy atom. The third kappa shape index (κ3) is 3.03. The number of rotatable bonds is 3. The van der Waals surface area contributed by atoms with E-state index in [9.17, 15) is 0 Å². The van der Waals surface area contributed by atoms with E-state index in [-0.39, 0.29) is 0 Å².